The van der Waals surface area contributed by atoms with Gasteiger partial charge in [0.2, 0.25) is 0 Å². The molecule has 0 spiro atoms. The second-order valence-electron chi connectivity index (χ2n) is 6.84. The molecule has 0 bridgehead atoms. The molecule has 1 saturated carbocycles. The van der Waals surface area contributed by atoms with Gasteiger partial charge in [-0.05, 0) is 44.4 Å². The van der Waals surface area contributed by atoms with Gasteiger partial charge in [-0.25, -0.2) is 9.97 Å². The van der Waals surface area contributed by atoms with E-state index < -0.39 is 0 Å². The van der Waals surface area contributed by atoms with Gasteiger partial charge in [0.1, 0.15) is 16.7 Å². The number of rotatable bonds is 5. The molecule has 0 unspecified atom stereocenters. The molecule has 3 aromatic heterocycles. The second kappa shape index (κ2) is 7.93. The van der Waals surface area contributed by atoms with Crippen LogP contribution >= 0.6 is 11.6 Å². The third-order valence-corrected chi connectivity index (χ3v) is 5.00. The van der Waals surface area contributed by atoms with Crippen molar-refractivity contribution in [3.8, 4) is 5.69 Å². The quantitative estimate of drug-likeness (QED) is 0.683. The monoisotopic (exact) mass is 397 g/mol. The summed E-state index contributed by atoms with van der Waals surface area (Å²) < 4.78 is 1.23. The van der Waals surface area contributed by atoms with E-state index in [9.17, 15) is 4.79 Å². The Morgan fingerprint density at radius 1 is 1.00 bits per heavy atom. The van der Waals surface area contributed by atoms with Crippen molar-refractivity contribution in [1.82, 2.24) is 24.7 Å². The number of pyridine rings is 1. The van der Waals surface area contributed by atoms with Crippen LogP contribution in [0.1, 0.15) is 25.0 Å². The van der Waals surface area contributed by atoms with Crippen molar-refractivity contribution in [3.63, 3.8) is 0 Å². The maximum Gasteiger partial charge on any atom is 0.290 e. The van der Waals surface area contributed by atoms with E-state index in [0.29, 0.717) is 17.8 Å². The average Bonchev–Trinajstić information content (AvgIpc) is 3.13. The first kappa shape index (κ1) is 18.4. The smallest absolute Gasteiger partial charge is 0.290 e. The minimum atomic E-state index is -0.365. The zero-order chi connectivity index (χ0) is 19.5. The summed E-state index contributed by atoms with van der Waals surface area (Å²) in [5.41, 5.74) is 1.11. The molecule has 0 saturated heterocycles. The van der Waals surface area contributed by atoms with Crippen molar-refractivity contribution in [2.75, 3.05) is 10.6 Å². The molecule has 2 N–H and O–H groups in total. The lowest BCUT2D eigenvalue weighted by molar-refractivity contribution is 0.719. The van der Waals surface area contributed by atoms with Crippen molar-refractivity contribution in [3.05, 3.63) is 64.1 Å². The number of hydrogen-bond acceptors (Lipinski definition) is 7. The molecule has 0 aromatic carbocycles. The third kappa shape index (κ3) is 4.12. The van der Waals surface area contributed by atoms with Crippen LogP contribution in [0.4, 0.5) is 11.6 Å². The van der Waals surface area contributed by atoms with Crippen molar-refractivity contribution >= 4 is 23.2 Å². The fourth-order valence-electron chi connectivity index (χ4n) is 3.30. The highest BCUT2D eigenvalue weighted by Gasteiger charge is 2.25. The molecular formula is C19H20ClN7O. The second-order valence-corrected chi connectivity index (χ2v) is 7.24. The summed E-state index contributed by atoms with van der Waals surface area (Å²) in [4.78, 5) is 25.1. The maximum atomic E-state index is 12.0. The third-order valence-electron chi connectivity index (χ3n) is 4.71. The Labute approximate surface area is 167 Å². The summed E-state index contributed by atoms with van der Waals surface area (Å²) in [6, 6.07) is 5.78. The van der Waals surface area contributed by atoms with Crippen LogP contribution in [0.3, 0.4) is 0 Å². The van der Waals surface area contributed by atoms with Gasteiger partial charge in [0.25, 0.3) is 5.56 Å². The molecule has 3 heterocycles. The topological polar surface area (TPSA) is 97.6 Å². The minimum Gasteiger partial charge on any atom is -0.367 e. The first-order valence-corrected chi connectivity index (χ1v) is 9.48. The van der Waals surface area contributed by atoms with E-state index in [4.69, 9.17) is 11.6 Å². The maximum absolute atomic E-state index is 12.0. The van der Waals surface area contributed by atoms with E-state index in [1.807, 2.05) is 13.0 Å². The van der Waals surface area contributed by atoms with Gasteiger partial charge in [0.15, 0.2) is 0 Å². The van der Waals surface area contributed by atoms with Gasteiger partial charge in [-0.2, -0.15) is 9.78 Å². The molecule has 1 aliphatic rings. The Balaban J connectivity index is 1.37. The summed E-state index contributed by atoms with van der Waals surface area (Å²) in [7, 11) is 0. The van der Waals surface area contributed by atoms with E-state index >= 15 is 0 Å². The molecule has 2 atom stereocenters. The van der Waals surface area contributed by atoms with Crippen molar-refractivity contribution < 1.29 is 0 Å². The van der Waals surface area contributed by atoms with E-state index in [0.717, 1.165) is 36.6 Å². The average molecular weight is 398 g/mol. The van der Waals surface area contributed by atoms with Gasteiger partial charge in [0, 0.05) is 18.3 Å². The molecular weight excluding hydrogens is 378 g/mol. The van der Waals surface area contributed by atoms with Crippen molar-refractivity contribution in [2.45, 2.75) is 38.3 Å². The summed E-state index contributed by atoms with van der Waals surface area (Å²) >= 11 is 5.87. The van der Waals surface area contributed by atoms with E-state index in [1.54, 1.807) is 24.7 Å². The normalized spacial score (nSPS) is 18.8. The molecule has 0 radical (unpaired) electrons. The first-order valence-electron chi connectivity index (χ1n) is 9.10. The van der Waals surface area contributed by atoms with Gasteiger partial charge in [-0.15, -0.1) is 0 Å². The first-order chi connectivity index (χ1) is 13.6. The number of halogens is 1. The van der Waals surface area contributed by atoms with Crippen LogP contribution in [0.15, 0.2) is 47.8 Å². The Hall–Kier alpha value is -3.00. The van der Waals surface area contributed by atoms with Crippen LogP contribution in [0.2, 0.25) is 5.02 Å². The zero-order valence-corrected chi connectivity index (χ0v) is 16.1. The number of anilines is 2. The van der Waals surface area contributed by atoms with Gasteiger partial charge in [-0.3, -0.25) is 9.78 Å². The van der Waals surface area contributed by atoms with Crippen LogP contribution in [0, 0.1) is 6.92 Å². The SMILES string of the molecule is Cc1cnc(N[C@H]2CC[C@H](Nc3ccc(-n4nccc(Cl)c4=O)cn3)C2)cn1. The summed E-state index contributed by atoms with van der Waals surface area (Å²) in [5.74, 6) is 1.57. The van der Waals surface area contributed by atoms with Crippen LogP contribution in [-0.4, -0.2) is 36.8 Å². The van der Waals surface area contributed by atoms with E-state index in [1.165, 1.54) is 16.9 Å². The minimum absolute atomic E-state index is 0.125. The molecule has 0 amide bonds. The lowest BCUT2D eigenvalue weighted by Crippen LogP contribution is -2.22. The number of nitrogens with zero attached hydrogens (tertiary/aromatic N) is 5. The molecule has 1 fully saturated rings. The Bertz CT molecular complexity index is 1000. The predicted octanol–water partition coefficient (Wildman–Crippen LogP) is 2.82. The Kier molecular flexibility index (Phi) is 5.21. The molecule has 0 aliphatic heterocycles. The van der Waals surface area contributed by atoms with Crippen LogP contribution in [0.25, 0.3) is 5.69 Å². The Morgan fingerprint density at radius 2 is 1.75 bits per heavy atom. The summed E-state index contributed by atoms with van der Waals surface area (Å²) in [6.07, 6.45) is 9.68. The van der Waals surface area contributed by atoms with E-state index in [-0.39, 0.29) is 10.6 Å². The number of aryl methyl sites for hydroxylation is 1. The van der Waals surface area contributed by atoms with Crippen LogP contribution in [0.5, 0.6) is 0 Å². The largest absolute Gasteiger partial charge is 0.367 e. The highest BCUT2D eigenvalue weighted by atomic mass is 35.5. The molecule has 1 aliphatic carbocycles. The highest BCUT2D eigenvalue weighted by Crippen LogP contribution is 2.25. The Morgan fingerprint density at radius 3 is 2.43 bits per heavy atom. The zero-order valence-electron chi connectivity index (χ0n) is 15.3. The molecule has 144 valence electrons. The van der Waals surface area contributed by atoms with E-state index in [2.05, 4.69) is 30.7 Å². The number of nitrogens with one attached hydrogen (secondary N) is 2. The summed E-state index contributed by atoms with van der Waals surface area (Å²) in [6.45, 7) is 1.92. The van der Waals surface area contributed by atoms with Gasteiger partial charge in [0.05, 0.1) is 30.0 Å². The fourth-order valence-corrected chi connectivity index (χ4v) is 3.44. The lowest BCUT2D eigenvalue weighted by Gasteiger charge is -2.15. The molecule has 8 nitrogen and oxygen atoms in total. The van der Waals surface area contributed by atoms with Gasteiger partial charge >= 0.3 is 0 Å². The summed E-state index contributed by atoms with van der Waals surface area (Å²) in [5, 5.41) is 11.0. The number of aromatic nitrogens is 5. The molecule has 28 heavy (non-hydrogen) atoms. The van der Waals surface area contributed by atoms with Crippen molar-refractivity contribution in [2.24, 2.45) is 0 Å². The highest BCUT2D eigenvalue weighted by molar-refractivity contribution is 6.30. The molecule has 9 heteroatoms. The predicted molar refractivity (Wildman–Crippen MR) is 108 cm³/mol. The number of hydrogen-bond donors (Lipinski definition) is 2. The van der Waals surface area contributed by atoms with Crippen LogP contribution in [-0.2, 0) is 0 Å². The molecule has 3 aromatic rings. The van der Waals surface area contributed by atoms with Crippen LogP contribution < -0.4 is 16.2 Å². The fraction of sp³-hybridized carbons (Fsp3) is 0.316. The van der Waals surface area contributed by atoms with Gasteiger partial charge in [-0.1, -0.05) is 11.6 Å². The van der Waals surface area contributed by atoms with Crippen molar-refractivity contribution in [1.29, 1.82) is 0 Å². The lowest BCUT2D eigenvalue weighted by atomic mass is 10.2. The van der Waals surface area contributed by atoms with Gasteiger partial charge < -0.3 is 10.6 Å². The molecule has 4 rings (SSSR count). The standard InChI is InChI=1S/C19H20ClN7O/c1-12-9-22-18(11-21-12)26-14-3-2-13(8-14)25-17-5-4-15(10-23-17)27-19(28)16(20)6-7-24-27/h4-7,9-11,13-14H,2-3,8H2,1H3,(H,22,26)(H,23,25)/t13-,14-/m0/s1.